The van der Waals surface area contributed by atoms with Crippen LogP contribution in [0.4, 0.5) is 9.59 Å². The van der Waals surface area contributed by atoms with Crippen molar-refractivity contribution in [3.05, 3.63) is 0 Å². The molecule has 0 saturated carbocycles. The van der Waals surface area contributed by atoms with Crippen LogP contribution in [0, 0.1) is 5.92 Å². The molecule has 21 heavy (non-hydrogen) atoms. The SMILES string of the molecule is CC(C)(C)OC(=O)N1CCCC(CNCCOC(N)=O)C1. The maximum atomic E-state index is 12.0. The molecule has 0 bridgehead atoms. The Morgan fingerprint density at radius 3 is 2.71 bits per heavy atom. The van der Waals surface area contributed by atoms with E-state index in [1.54, 1.807) is 4.90 Å². The molecule has 1 rings (SSSR count). The lowest BCUT2D eigenvalue weighted by molar-refractivity contribution is 0.0165. The molecule has 1 aliphatic heterocycles. The fraction of sp³-hybridized carbons (Fsp3) is 0.857. The zero-order valence-corrected chi connectivity index (χ0v) is 13.2. The summed E-state index contributed by atoms with van der Waals surface area (Å²) in [5.41, 5.74) is 4.41. The lowest BCUT2D eigenvalue weighted by Crippen LogP contribution is -2.45. The van der Waals surface area contributed by atoms with Gasteiger partial charge < -0.3 is 25.4 Å². The second-order valence-electron chi connectivity index (χ2n) is 6.31. The first kappa shape index (κ1) is 17.6. The Kier molecular flexibility index (Phi) is 6.74. The molecule has 1 unspecified atom stereocenters. The Labute approximate surface area is 126 Å². The summed E-state index contributed by atoms with van der Waals surface area (Å²) in [5.74, 6) is 0.389. The molecule has 0 aromatic heterocycles. The summed E-state index contributed by atoms with van der Waals surface area (Å²) >= 11 is 0. The van der Waals surface area contributed by atoms with E-state index in [9.17, 15) is 9.59 Å². The van der Waals surface area contributed by atoms with Gasteiger partial charge in [-0.05, 0) is 46.1 Å². The van der Waals surface area contributed by atoms with Crippen LogP contribution >= 0.6 is 0 Å². The van der Waals surface area contributed by atoms with Crippen LogP contribution in [0.3, 0.4) is 0 Å². The molecule has 1 atom stereocenters. The number of rotatable bonds is 5. The quantitative estimate of drug-likeness (QED) is 0.747. The van der Waals surface area contributed by atoms with Crippen molar-refractivity contribution < 1.29 is 19.1 Å². The van der Waals surface area contributed by atoms with Gasteiger partial charge in [0.15, 0.2) is 0 Å². The van der Waals surface area contributed by atoms with Crippen LogP contribution in [0.2, 0.25) is 0 Å². The highest BCUT2D eigenvalue weighted by atomic mass is 16.6. The fourth-order valence-corrected chi connectivity index (χ4v) is 2.25. The Hall–Kier alpha value is -1.50. The average molecular weight is 301 g/mol. The van der Waals surface area contributed by atoms with E-state index in [4.69, 9.17) is 10.5 Å². The number of hydrogen-bond acceptors (Lipinski definition) is 5. The molecule has 1 aliphatic rings. The molecule has 0 aromatic carbocycles. The van der Waals surface area contributed by atoms with Crippen LogP contribution in [0.25, 0.3) is 0 Å². The van der Waals surface area contributed by atoms with E-state index in [0.717, 1.165) is 25.9 Å². The van der Waals surface area contributed by atoms with Crippen molar-refractivity contribution in [2.75, 3.05) is 32.8 Å². The third-order valence-corrected chi connectivity index (χ3v) is 3.13. The molecule has 7 heteroatoms. The molecular formula is C14H27N3O4. The van der Waals surface area contributed by atoms with Crippen LogP contribution in [0.1, 0.15) is 33.6 Å². The number of nitrogens with one attached hydrogen (secondary N) is 1. The van der Waals surface area contributed by atoms with Crippen molar-refractivity contribution in [3.63, 3.8) is 0 Å². The van der Waals surface area contributed by atoms with E-state index in [-0.39, 0.29) is 12.7 Å². The molecule has 0 radical (unpaired) electrons. The van der Waals surface area contributed by atoms with E-state index >= 15 is 0 Å². The van der Waals surface area contributed by atoms with Crippen LogP contribution in [0.5, 0.6) is 0 Å². The third-order valence-electron chi connectivity index (χ3n) is 3.13. The molecule has 1 saturated heterocycles. The predicted octanol–water partition coefficient (Wildman–Crippen LogP) is 1.32. The number of nitrogens with zero attached hydrogens (tertiary/aromatic N) is 1. The van der Waals surface area contributed by atoms with Crippen molar-refractivity contribution in [2.45, 2.75) is 39.2 Å². The first-order valence-electron chi connectivity index (χ1n) is 7.39. The summed E-state index contributed by atoms with van der Waals surface area (Å²) in [5, 5.41) is 3.21. The molecule has 1 heterocycles. The molecule has 7 nitrogen and oxygen atoms in total. The number of likely N-dealkylation sites (tertiary alicyclic amines) is 1. The van der Waals surface area contributed by atoms with Crippen molar-refractivity contribution in [1.29, 1.82) is 0 Å². The summed E-state index contributed by atoms with van der Waals surface area (Å²) in [4.78, 5) is 24.2. The van der Waals surface area contributed by atoms with E-state index < -0.39 is 11.7 Å². The lowest BCUT2D eigenvalue weighted by atomic mass is 9.98. The van der Waals surface area contributed by atoms with Gasteiger partial charge in [-0.15, -0.1) is 0 Å². The minimum absolute atomic E-state index is 0.246. The van der Waals surface area contributed by atoms with Crippen LogP contribution in [-0.4, -0.2) is 55.5 Å². The molecule has 0 spiro atoms. The second kappa shape index (κ2) is 8.07. The smallest absolute Gasteiger partial charge is 0.410 e. The predicted molar refractivity (Wildman–Crippen MR) is 78.9 cm³/mol. The summed E-state index contributed by atoms with van der Waals surface area (Å²) in [6, 6.07) is 0. The zero-order valence-electron chi connectivity index (χ0n) is 13.2. The van der Waals surface area contributed by atoms with Crippen molar-refractivity contribution >= 4 is 12.2 Å². The Bertz CT molecular complexity index is 355. The Morgan fingerprint density at radius 2 is 2.10 bits per heavy atom. The Morgan fingerprint density at radius 1 is 1.38 bits per heavy atom. The number of nitrogens with two attached hydrogens (primary N) is 1. The standard InChI is InChI=1S/C14H27N3O4/c1-14(2,3)21-13(19)17-7-4-5-11(10-17)9-16-6-8-20-12(15)18/h11,16H,4-10H2,1-3H3,(H2,15,18). The molecule has 0 aromatic rings. The molecule has 2 amide bonds. The number of carbonyl (C=O) groups excluding carboxylic acids is 2. The molecule has 1 fully saturated rings. The lowest BCUT2D eigenvalue weighted by Gasteiger charge is -2.34. The first-order chi connectivity index (χ1) is 9.78. The molecule has 122 valence electrons. The number of amides is 2. The number of primary amides is 1. The van der Waals surface area contributed by atoms with E-state index in [1.165, 1.54) is 0 Å². The van der Waals surface area contributed by atoms with Gasteiger partial charge in [-0.25, -0.2) is 9.59 Å². The van der Waals surface area contributed by atoms with Crippen molar-refractivity contribution in [3.8, 4) is 0 Å². The highest BCUT2D eigenvalue weighted by Gasteiger charge is 2.27. The van der Waals surface area contributed by atoms with Gasteiger partial charge in [0.2, 0.25) is 0 Å². The highest BCUT2D eigenvalue weighted by molar-refractivity contribution is 5.68. The monoisotopic (exact) mass is 301 g/mol. The topological polar surface area (TPSA) is 93.9 Å². The maximum absolute atomic E-state index is 12.0. The van der Waals surface area contributed by atoms with Crippen molar-refractivity contribution in [1.82, 2.24) is 10.2 Å². The zero-order chi connectivity index (χ0) is 15.9. The van der Waals surface area contributed by atoms with E-state index in [0.29, 0.717) is 19.0 Å². The van der Waals surface area contributed by atoms with Gasteiger partial charge in [0, 0.05) is 19.6 Å². The van der Waals surface area contributed by atoms with Gasteiger partial charge in [-0.1, -0.05) is 0 Å². The summed E-state index contributed by atoms with van der Waals surface area (Å²) < 4.78 is 10.0. The minimum atomic E-state index is -0.759. The maximum Gasteiger partial charge on any atom is 0.410 e. The second-order valence-corrected chi connectivity index (χ2v) is 6.31. The van der Waals surface area contributed by atoms with E-state index in [1.807, 2.05) is 20.8 Å². The van der Waals surface area contributed by atoms with E-state index in [2.05, 4.69) is 10.1 Å². The first-order valence-corrected chi connectivity index (χ1v) is 7.39. The third kappa shape index (κ3) is 7.75. The fourth-order valence-electron chi connectivity index (χ4n) is 2.25. The summed E-state index contributed by atoms with van der Waals surface area (Å²) in [6.45, 7) is 8.64. The largest absolute Gasteiger partial charge is 0.448 e. The number of hydrogen-bond donors (Lipinski definition) is 2. The average Bonchev–Trinajstić information content (AvgIpc) is 2.36. The number of piperidine rings is 1. The normalized spacial score (nSPS) is 19.2. The van der Waals surface area contributed by atoms with Crippen LogP contribution in [0.15, 0.2) is 0 Å². The van der Waals surface area contributed by atoms with Gasteiger partial charge in [0.25, 0.3) is 0 Å². The Balaban J connectivity index is 2.25. The van der Waals surface area contributed by atoms with Crippen LogP contribution in [-0.2, 0) is 9.47 Å². The number of ether oxygens (including phenoxy) is 2. The van der Waals surface area contributed by atoms with Gasteiger partial charge in [-0.2, -0.15) is 0 Å². The number of carbonyl (C=O) groups is 2. The molecular weight excluding hydrogens is 274 g/mol. The summed E-state index contributed by atoms with van der Waals surface area (Å²) in [7, 11) is 0. The summed E-state index contributed by atoms with van der Waals surface area (Å²) in [6.07, 6.45) is 1.04. The molecule has 3 N–H and O–H groups in total. The minimum Gasteiger partial charge on any atom is -0.448 e. The highest BCUT2D eigenvalue weighted by Crippen LogP contribution is 2.18. The van der Waals surface area contributed by atoms with Gasteiger partial charge in [-0.3, -0.25) is 0 Å². The van der Waals surface area contributed by atoms with Crippen LogP contribution < -0.4 is 11.1 Å². The van der Waals surface area contributed by atoms with Gasteiger partial charge >= 0.3 is 12.2 Å². The van der Waals surface area contributed by atoms with Crippen molar-refractivity contribution in [2.24, 2.45) is 11.7 Å². The molecule has 0 aliphatic carbocycles. The van der Waals surface area contributed by atoms with Gasteiger partial charge in [0.1, 0.15) is 12.2 Å². The van der Waals surface area contributed by atoms with Gasteiger partial charge in [0.05, 0.1) is 0 Å².